The van der Waals surface area contributed by atoms with E-state index in [1.165, 1.54) is 38.5 Å². The molecule has 5 heteroatoms. The predicted octanol–water partition coefficient (Wildman–Crippen LogP) is 4.23. The molecule has 1 amide bonds. The molecule has 1 aliphatic heterocycles. The number of nitrogens with one attached hydrogen (secondary N) is 1. The lowest BCUT2D eigenvalue weighted by Gasteiger charge is -2.62. The maximum Gasteiger partial charge on any atom is 0.306 e. The fraction of sp³-hybridized carbons (Fsp3) is 0.920. The van der Waals surface area contributed by atoms with Crippen LogP contribution in [0.2, 0.25) is 0 Å². The zero-order chi connectivity index (χ0) is 21.1. The molecule has 0 spiro atoms. The maximum atomic E-state index is 12.5. The molecule has 0 radical (unpaired) electrons. The lowest BCUT2D eigenvalue weighted by molar-refractivity contribution is -0.161. The number of hydrogen-bond donors (Lipinski definition) is 1. The Hall–Kier alpha value is -1.10. The molecular formula is C25H39NO4. The van der Waals surface area contributed by atoms with Crippen LogP contribution in [0, 0.1) is 34.5 Å². The molecular weight excluding hydrogens is 378 g/mol. The van der Waals surface area contributed by atoms with Crippen molar-refractivity contribution in [2.24, 2.45) is 34.5 Å². The van der Waals surface area contributed by atoms with Crippen molar-refractivity contribution in [2.75, 3.05) is 6.61 Å². The van der Waals surface area contributed by atoms with E-state index in [0.717, 1.165) is 12.8 Å². The van der Waals surface area contributed by atoms with Crippen LogP contribution >= 0.6 is 0 Å². The van der Waals surface area contributed by atoms with Gasteiger partial charge in [-0.15, -0.1) is 0 Å². The zero-order valence-electron chi connectivity index (χ0n) is 19.0. The number of amides is 1. The van der Waals surface area contributed by atoms with E-state index in [9.17, 15) is 9.59 Å². The molecule has 5 rings (SSSR count). The molecule has 1 heterocycles. The van der Waals surface area contributed by atoms with Crippen LogP contribution in [0.15, 0.2) is 0 Å². The first-order chi connectivity index (χ1) is 14.3. The molecule has 8 atom stereocenters. The van der Waals surface area contributed by atoms with Gasteiger partial charge in [-0.3, -0.25) is 9.59 Å². The number of esters is 1. The smallest absolute Gasteiger partial charge is 0.306 e. The van der Waals surface area contributed by atoms with E-state index in [2.05, 4.69) is 19.2 Å². The van der Waals surface area contributed by atoms with Crippen LogP contribution in [0.5, 0.6) is 0 Å². The molecule has 1 saturated heterocycles. The molecule has 30 heavy (non-hydrogen) atoms. The van der Waals surface area contributed by atoms with Crippen LogP contribution in [0.3, 0.4) is 0 Å². The van der Waals surface area contributed by atoms with E-state index < -0.39 is 0 Å². The van der Waals surface area contributed by atoms with Crippen molar-refractivity contribution in [1.82, 2.24) is 5.32 Å². The Morgan fingerprint density at radius 1 is 1.07 bits per heavy atom. The maximum absolute atomic E-state index is 12.5. The summed E-state index contributed by atoms with van der Waals surface area (Å²) in [6, 6.07) is 0.198. The summed E-state index contributed by atoms with van der Waals surface area (Å²) in [7, 11) is 0. The number of carbonyl (C=O) groups is 2. The Kier molecular flexibility index (Phi) is 5.19. The van der Waals surface area contributed by atoms with E-state index >= 15 is 0 Å². The summed E-state index contributed by atoms with van der Waals surface area (Å²) >= 11 is 0. The second-order valence-electron chi connectivity index (χ2n) is 11.4. The molecule has 0 unspecified atom stereocenters. The summed E-state index contributed by atoms with van der Waals surface area (Å²) in [5, 5.41) is 3.32. The summed E-state index contributed by atoms with van der Waals surface area (Å²) < 4.78 is 11.9. The van der Waals surface area contributed by atoms with Gasteiger partial charge in [0.05, 0.1) is 18.8 Å². The number of carbonyl (C=O) groups excluding carboxylic acids is 2. The van der Waals surface area contributed by atoms with Crippen molar-refractivity contribution in [3.8, 4) is 0 Å². The SMILES string of the molecule is CCOC(=O)C[C@H]1C[C@H]2NC(=O)CC[C@]2(C)[C@H]2CC[C@]3(C)[C@@H](OC4CC4)CC[C@H]3[C@H]12. The van der Waals surface area contributed by atoms with Crippen molar-refractivity contribution in [1.29, 1.82) is 0 Å². The van der Waals surface area contributed by atoms with Crippen LogP contribution in [0.25, 0.3) is 0 Å². The number of hydrogen-bond acceptors (Lipinski definition) is 4. The van der Waals surface area contributed by atoms with E-state index in [0.29, 0.717) is 55.3 Å². The first kappa shape index (κ1) is 20.8. The Labute approximate surface area is 181 Å². The van der Waals surface area contributed by atoms with Crippen LogP contribution in [0.1, 0.15) is 85.0 Å². The van der Waals surface area contributed by atoms with Gasteiger partial charge >= 0.3 is 5.97 Å². The van der Waals surface area contributed by atoms with Crippen LogP contribution < -0.4 is 5.32 Å². The third-order valence-electron chi connectivity index (χ3n) is 9.81. The number of ether oxygens (including phenoxy) is 2. The fourth-order valence-electron chi connectivity index (χ4n) is 8.11. The van der Waals surface area contributed by atoms with Gasteiger partial charge in [0.1, 0.15) is 0 Å². The Bertz CT molecular complexity index is 705. The molecule has 5 aliphatic rings. The highest BCUT2D eigenvalue weighted by atomic mass is 16.5. The average molecular weight is 418 g/mol. The second-order valence-corrected chi connectivity index (χ2v) is 11.4. The molecule has 5 nitrogen and oxygen atoms in total. The van der Waals surface area contributed by atoms with E-state index in [4.69, 9.17) is 9.47 Å². The third kappa shape index (κ3) is 3.30. The van der Waals surface area contributed by atoms with Crippen molar-refractivity contribution in [3.63, 3.8) is 0 Å². The number of rotatable bonds is 5. The van der Waals surface area contributed by atoms with Crippen molar-refractivity contribution in [3.05, 3.63) is 0 Å². The topological polar surface area (TPSA) is 64.6 Å². The highest BCUT2D eigenvalue weighted by molar-refractivity contribution is 5.77. The lowest BCUT2D eigenvalue weighted by Crippen LogP contribution is -2.63. The van der Waals surface area contributed by atoms with Crippen LogP contribution in [0.4, 0.5) is 0 Å². The first-order valence-electron chi connectivity index (χ1n) is 12.5. The van der Waals surface area contributed by atoms with Gasteiger partial charge in [0.2, 0.25) is 5.91 Å². The summed E-state index contributed by atoms with van der Waals surface area (Å²) in [5.74, 6) is 2.16. The van der Waals surface area contributed by atoms with Gasteiger partial charge in [-0.2, -0.15) is 0 Å². The standard InChI is InChI=1S/C25H39NO4/c1-4-29-22(28)14-15-13-19-24(2,12-10-21(27)26-19)18-9-11-25(3)17(23(15)18)7-8-20(25)30-16-5-6-16/h15-20,23H,4-14H2,1-3H3,(H,26,27)/t15-,17+,18+,19-,20+,23+,24-,25+/m1/s1. The van der Waals surface area contributed by atoms with Gasteiger partial charge in [-0.25, -0.2) is 0 Å². The highest BCUT2D eigenvalue weighted by Crippen LogP contribution is 2.66. The number of fused-ring (bicyclic) bond motifs is 5. The Balaban J connectivity index is 1.45. The molecule has 4 aliphatic carbocycles. The molecule has 168 valence electrons. The van der Waals surface area contributed by atoms with E-state index in [1.54, 1.807) is 0 Å². The quantitative estimate of drug-likeness (QED) is 0.680. The van der Waals surface area contributed by atoms with Gasteiger partial charge < -0.3 is 14.8 Å². The Morgan fingerprint density at radius 3 is 2.57 bits per heavy atom. The van der Waals surface area contributed by atoms with Crippen molar-refractivity contribution < 1.29 is 19.1 Å². The minimum absolute atomic E-state index is 0.0666. The van der Waals surface area contributed by atoms with E-state index in [1.807, 2.05) is 6.92 Å². The number of piperidine rings is 1. The molecule has 4 saturated carbocycles. The van der Waals surface area contributed by atoms with Gasteiger partial charge in [0.25, 0.3) is 0 Å². The molecule has 5 fully saturated rings. The predicted molar refractivity (Wildman–Crippen MR) is 114 cm³/mol. The van der Waals surface area contributed by atoms with Crippen LogP contribution in [-0.4, -0.2) is 36.7 Å². The molecule has 0 aromatic rings. The van der Waals surface area contributed by atoms with Gasteiger partial charge in [-0.1, -0.05) is 13.8 Å². The molecule has 0 aromatic carbocycles. The normalized spacial score (nSPS) is 47.6. The highest BCUT2D eigenvalue weighted by Gasteiger charge is 2.63. The van der Waals surface area contributed by atoms with Gasteiger partial charge in [0, 0.05) is 18.9 Å². The van der Waals surface area contributed by atoms with Gasteiger partial charge in [-0.05, 0) is 92.8 Å². The summed E-state index contributed by atoms with van der Waals surface area (Å²) in [4.78, 5) is 24.8. The summed E-state index contributed by atoms with van der Waals surface area (Å²) in [6.45, 7) is 7.22. The first-order valence-corrected chi connectivity index (χ1v) is 12.5. The minimum atomic E-state index is -0.0666. The lowest BCUT2D eigenvalue weighted by atomic mass is 9.45. The Morgan fingerprint density at radius 2 is 1.83 bits per heavy atom. The summed E-state index contributed by atoms with van der Waals surface area (Å²) in [5.41, 5.74) is 0.387. The van der Waals surface area contributed by atoms with Crippen molar-refractivity contribution >= 4 is 11.9 Å². The summed E-state index contributed by atoms with van der Waals surface area (Å²) in [6.07, 6.45) is 11.2. The molecule has 1 N–H and O–H groups in total. The molecule has 0 bridgehead atoms. The fourth-order valence-corrected chi connectivity index (χ4v) is 8.11. The van der Waals surface area contributed by atoms with Crippen LogP contribution in [-0.2, 0) is 19.1 Å². The molecule has 0 aromatic heterocycles. The van der Waals surface area contributed by atoms with Crippen molar-refractivity contribution in [2.45, 2.75) is 103 Å². The largest absolute Gasteiger partial charge is 0.466 e. The monoisotopic (exact) mass is 417 g/mol. The second kappa shape index (κ2) is 7.50. The minimum Gasteiger partial charge on any atom is -0.466 e. The average Bonchev–Trinajstić information content (AvgIpc) is 3.45. The third-order valence-corrected chi connectivity index (χ3v) is 9.81. The van der Waals surface area contributed by atoms with Gasteiger partial charge in [0.15, 0.2) is 0 Å². The van der Waals surface area contributed by atoms with E-state index in [-0.39, 0.29) is 28.7 Å². The zero-order valence-corrected chi connectivity index (χ0v) is 19.0.